The first-order valence-electron chi connectivity index (χ1n) is 2.40. The van der Waals surface area contributed by atoms with Gasteiger partial charge in [-0.1, -0.05) is 28.5 Å². The van der Waals surface area contributed by atoms with Crippen molar-refractivity contribution in [2.75, 3.05) is 12.0 Å². The molecule has 0 fully saturated rings. The lowest BCUT2D eigenvalue weighted by Crippen LogP contribution is -1.63. The molecule has 0 saturated heterocycles. The zero-order valence-corrected chi connectivity index (χ0v) is 8.31. The zero-order valence-electron chi connectivity index (χ0n) is 5.05. The van der Waals surface area contributed by atoms with E-state index in [0.717, 1.165) is 0 Å². The Labute approximate surface area is 66.5 Å². The Morgan fingerprint density at radius 1 is 1.25 bits per heavy atom. The topological polar surface area (TPSA) is 0 Å². The van der Waals surface area contributed by atoms with E-state index in [1.54, 1.807) is 0 Å². The first-order chi connectivity index (χ1) is 3.91. The minimum atomic E-state index is 1.28. The summed E-state index contributed by atoms with van der Waals surface area (Å²) in [6.07, 6.45) is 3.39. The van der Waals surface area contributed by atoms with Crippen LogP contribution in [0.25, 0.3) is 0 Å². The highest BCUT2D eigenvalue weighted by molar-refractivity contribution is 9.26. The molecule has 0 aromatic heterocycles. The van der Waals surface area contributed by atoms with E-state index in [0.29, 0.717) is 0 Å². The number of hydrogen-bond donors (Lipinski definition) is 0. The highest BCUT2D eigenvalue weighted by Gasteiger charge is 1.85. The van der Waals surface area contributed by atoms with Crippen molar-refractivity contribution in [2.45, 2.75) is 13.3 Å². The Kier molecular flexibility index (Phi) is 9.87. The summed E-state index contributed by atoms with van der Waals surface area (Å²) >= 11 is 0. The summed E-state index contributed by atoms with van der Waals surface area (Å²) in [4.78, 5) is 0. The van der Waals surface area contributed by atoms with Gasteiger partial charge in [-0.2, -0.15) is 0 Å². The third-order valence-electron chi connectivity index (χ3n) is 0.431. The predicted octanol–water partition coefficient (Wildman–Crippen LogP) is 3.70. The molecule has 0 nitrogen and oxygen atoms in total. The summed E-state index contributed by atoms with van der Waals surface area (Å²) in [6, 6.07) is 0. The summed E-state index contributed by atoms with van der Waals surface area (Å²) in [5.41, 5.74) is 0. The fraction of sp³-hybridized carbons (Fsp3) is 1.00. The van der Waals surface area contributed by atoms with Crippen molar-refractivity contribution in [1.82, 2.24) is 0 Å². The fourth-order valence-electron chi connectivity index (χ4n) is 0.165. The van der Waals surface area contributed by atoms with Crippen molar-refractivity contribution in [1.29, 1.82) is 0 Å². The van der Waals surface area contributed by atoms with Crippen LogP contribution in [0.3, 0.4) is 0 Å². The van der Waals surface area contributed by atoms with E-state index in [1.807, 2.05) is 41.2 Å². The standard InChI is InChI=1S/C4H10S4/c1-3-4-6-8-7-5-2/h3-4H2,1-2H3. The molecule has 0 radical (unpaired) electrons. The summed E-state index contributed by atoms with van der Waals surface area (Å²) in [6.45, 7) is 2.21. The Morgan fingerprint density at radius 2 is 2.00 bits per heavy atom. The first-order valence-corrected chi connectivity index (χ1v) is 7.80. The van der Waals surface area contributed by atoms with Gasteiger partial charge in [0.2, 0.25) is 0 Å². The minimum Gasteiger partial charge on any atom is -0.0852 e. The van der Waals surface area contributed by atoms with Crippen LogP contribution in [-0.2, 0) is 0 Å². The van der Waals surface area contributed by atoms with Gasteiger partial charge in [0, 0.05) is 5.75 Å². The fourth-order valence-corrected chi connectivity index (χ4v) is 5.51. The number of hydrogen-bond acceptors (Lipinski definition) is 4. The van der Waals surface area contributed by atoms with Crippen molar-refractivity contribution in [3.05, 3.63) is 0 Å². The van der Waals surface area contributed by atoms with Gasteiger partial charge in [-0.05, 0) is 32.3 Å². The molecule has 8 heavy (non-hydrogen) atoms. The van der Waals surface area contributed by atoms with Crippen LogP contribution in [0.1, 0.15) is 13.3 Å². The van der Waals surface area contributed by atoms with Gasteiger partial charge in [0.1, 0.15) is 0 Å². The van der Waals surface area contributed by atoms with E-state index in [-0.39, 0.29) is 0 Å². The van der Waals surface area contributed by atoms with Crippen molar-refractivity contribution in [3.8, 4) is 0 Å². The minimum absolute atomic E-state index is 1.28. The van der Waals surface area contributed by atoms with E-state index >= 15 is 0 Å². The maximum atomic E-state index is 2.21. The van der Waals surface area contributed by atoms with Crippen LogP contribution in [-0.4, -0.2) is 12.0 Å². The molecule has 0 atom stereocenters. The molecule has 0 unspecified atom stereocenters. The summed E-state index contributed by atoms with van der Waals surface area (Å²) in [7, 11) is 7.47. The lowest BCUT2D eigenvalue weighted by Gasteiger charge is -1.91. The van der Waals surface area contributed by atoms with Gasteiger partial charge < -0.3 is 0 Å². The summed E-state index contributed by atoms with van der Waals surface area (Å²) < 4.78 is 0. The van der Waals surface area contributed by atoms with E-state index in [2.05, 4.69) is 13.2 Å². The molecule has 0 aliphatic carbocycles. The van der Waals surface area contributed by atoms with Gasteiger partial charge in [-0.3, -0.25) is 0 Å². The Morgan fingerprint density at radius 3 is 2.50 bits per heavy atom. The molecule has 0 saturated carbocycles. The predicted molar refractivity (Wildman–Crippen MR) is 51.4 cm³/mol. The zero-order chi connectivity index (χ0) is 6.24. The largest absolute Gasteiger partial charge is 0.0852 e. The average molecular weight is 186 g/mol. The maximum Gasteiger partial charge on any atom is 0.00427 e. The Hall–Kier alpha value is 1.40. The number of rotatable bonds is 5. The van der Waals surface area contributed by atoms with Crippen LogP contribution < -0.4 is 0 Å². The molecule has 0 amide bonds. The Bertz CT molecular complexity index is 33.0. The van der Waals surface area contributed by atoms with Gasteiger partial charge in [0.15, 0.2) is 0 Å². The molecule has 0 spiro atoms. The molecule has 0 aliphatic rings. The van der Waals surface area contributed by atoms with Crippen molar-refractivity contribution < 1.29 is 0 Å². The molecule has 0 aromatic rings. The normalized spacial score (nSPS) is 9.75. The molecular weight excluding hydrogens is 176 g/mol. The van der Waals surface area contributed by atoms with E-state index < -0.39 is 0 Å². The summed E-state index contributed by atoms with van der Waals surface area (Å²) in [5.74, 6) is 1.28. The summed E-state index contributed by atoms with van der Waals surface area (Å²) in [5, 5.41) is 0. The molecule has 4 heteroatoms. The second-order valence-corrected chi connectivity index (χ2v) is 7.35. The van der Waals surface area contributed by atoms with Gasteiger partial charge in [0.05, 0.1) is 0 Å². The van der Waals surface area contributed by atoms with Crippen LogP contribution in [0.2, 0.25) is 0 Å². The third-order valence-corrected chi connectivity index (χ3v) is 6.75. The van der Waals surface area contributed by atoms with Gasteiger partial charge in [-0.15, -0.1) is 0 Å². The van der Waals surface area contributed by atoms with Gasteiger partial charge >= 0.3 is 0 Å². The Balaban J connectivity index is 2.53. The monoisotopic (exact) mass is 186 g/mol. The first kappa shape index (κ1) is 9.40. The second kappa shape index (κ2) is 8.40. The molecular formula is C4H10S4. The second-order valence-electron chi connectivity index (χ2n) is 1.12. The molecule has 0 aromatic carbocycles. The van der Waals surface area contributed by atoms with Crippen LogP contribution in [0.4, 0.5) is 0 Å². The van der Waals surface area contributed by atoms with Crippen LogP contribution >= 0.6 is 41.2 Å². The third kappa shape index (κ3) is 7.40. The van der Waals surface area contributed by atoms with E-state index in [9.17, 15) is 0 Å². The molecule has 0 bridgehead atoms. The maximum absolute atomic E-state index is 2.21. The van der Waals surface area contributed by atoms with Crippen LogP contribution in [0, 0.1) is 0 Å². The van der Waals surface area contributed by atoms with Crippen molar-refractivity contribution in [3.63, 3.8) is 0 Å². The van der Waals surface area contributed by atoms with Crippen LogP contribution in [0.5, 0.6) is 0 Å². The van der Waals surface area contributed by atoms with E-state index in [4.69, 9.17) is 0 Å². The lowest BCUT2D eigenvalue weighted by atomic mass is 10.6. The molecule has 50 valence electrons. The molecule has 0 heterocycles. The highest BCUT2D eigenvalue weighted by atomic mass is 33.7. The highest BCUT2D eigenvalue weighted by Crippen LogP contribution is 2.41. The van der Waals surface area contributed by atoms with Crippen molar-refractivity contribution >= 4 is 41.2 Å². The van der Waals surface area contributed by atoms with Gasteiger partial charge in [0.25, 0.3) is 0 Å². The quantitative estimate of drug-likeness (QED) is 0.474. The SMILES string of the molecule is CCCSSSSC. The average Bonchev–Trinajstić information content (AvgIpc) is 1.81. The molecule has 0 N–H and O–H groups in total. The molecule has 0 rings (SSSR count). The smallest absolute Gasteiger partial charge is 0.00427 e. The van der Waals surface area contributed by atoms with Crippen molar-refractivity contribution in [2.24, 2.45) is 0 Å². The lowest BCUT2D eigenvalue weighted by molar-refractivity contribution is 1.11. The van der Waals surface area contributed by atoms with Gasteiger partial charge in [-0.25, -0.2) is 0 Å². The molecule has 0 aliphatic heterocycles. The van der Waals surface area contributed by atoms with E-state index in [1.165, 1.54) is 12.2 Å². The van der Waals surface area contributed by atoms with Crippen LogP contribution in [0.15, 0.2) is 0 Å².